The van der Waals surface area contributed by atoms with Gasteiger partial charge in [0.2, 0.25) is 0 Å². The van der Waals surface area contributed by atoms with Crippen LogP contribution in [-0.2, 0) is 5.41 Å². The highest BCUT2D eigenvalue weighted by atomic mass is 14.5. The summed E-state index contributed by atoms with van der Waals surface area (Å²) < 4.78 is 0. The van der Waals surface area contributed by atoms with Crippen LogP contribution < -0.4 is 0 Å². The van der Waals surface area contributed by atoms with Gasteiger partial charge in [-0.1, -0.05) is 153 Å². The van der Waals surface area contributed by atoms with Gasteiger partial charge in [0.25, 0.3) is 0 Å². The van der Waals surface area contributed by atoms with Crippen LogP contribution in [-0.4, -0.2) is 0 Å². The first-order chi connectivity index (χ1) is 22.2. The normalized spacial score (nSPS) is 14.0. The van der Waals surface area contributed by atoms with E-state index in [4.69, 9.17) is 0 Å². The molecule has 45 heavy (non-hydrogen) atoms. The highest BCUT2D eigenvalue weighted by Gasteiger charge is 2.52. The molecule has 6 aromatic carbocycles. The van der Waals surface area contributed by atoms with Crippen LogP contribution in [0.5, 0.6) is 0 Å². The molecule has 0 aliphatic heterocycles. The summed E-state index contributed by atoms with van der Waals surface area (Å²) in [5, 5.41) is 2.53. The minimum absolute atomic E-state index is 0.441. The van der Waals surface area contributed by atoms with Gasteiger partial charge < -0.3 is 0 Å². The highest BCUT2D eigenvalue weighted by Crippen LogP contribution is 2.65. The smallest absolute Gasteiger partial charge is 0.0726 e. The van der Waals surface area contributed by atoms with Crippen molar-refractivity contribution >= 4 is 28.5 Å². The average molecular weight is 575 g/mol. The molecule has 0 amide bonds. The van der Waals surface area contributed by atoms with Crippen molar-refractivity contribution in [2.45, 2.75) is 19.3 Å². The molecule has 0 N–H and O–H groups in total. The van der Waals surface area contributed by atoms with Gasteiger partial charge in [0.1, 0.15) is 0 Å². The molecular formula is C45H34. The van der Waals surface area contributed by atoms with Crippen molar-refractivity contribution in [3.63, 3.8) is 0 Å². The predicted molar refractivity (Wildman–Crippen MR) is 194 cm³/mol. The lowest BCUT2D eigenvalue weighted by atomic mass is 9.69. The lowest BCUT2D eigenvalue weighted by molar-refractivity contribution is 0.794. The lowest BCUT2D eigenvalue weighted by Crippen LogP contribution is -2.26. The largest absolute Gasteiger partial charge is 0.0985 e. The molecule has 0 nitrogen and oxygen atoms in total. The maximum Gasteiger partial charge on any atom is 0.0726 e. The number of benzene rings is 6. The second-order valence-corrected chi connectivity index (χ2v) is 12.0. The standard InChI is InChI=1S/C45H34/c1-5-15-31-26-27-41-43(33(31)8-4)44-37-19-10-9-16-34(37)38(32-24-22-30(23-25-32)29(6-2)7-3)28-42(44)45(41)39-20-13-11-17-35(39)36-18-12-14-21-40(36)45/h5-28H,2,4H2,1,3H3/b15-5-,29-7+. The molecule has 0 heteroatoms. The van der Waals surface area contributed by atoms with Gasteiger partial charge in [0, 0.05) is 0 Å². The van der Waals surface area contributed by atoms with Crippen LogP contribution in [0.2, 0.25) is 0 Å². The molecule has 0 atom stereocenters. The molecule has 1 spiro atoms. The van der Waals surface area contributed by atoms with Crippen LogP contribution in [0.25, 0.3) is 61.9 Å². The van der Waals surface area contributed by atoms with E-state index >= 15 is 0 Å². The zero-order valence-corrected chi connectivity index (χ0v) is 25.8. The quantitative estimate of drug-likeness (QED) is 0.179. The number of rotatable bonds is 5. The van der Waals surface area contributed by atoms with Gasteiger partial charge >= 0.3 is 0 Å². The van der Waals surface area contributed by atoms with E-state index in [9.17, 15) is 0 Å². The van der Waals surface area contributed by atoms with E-state index < -0.39 is 5.41 Å². The second kappa shape index (κ2) is 10.3. The molecule has 8 rings (SSSR count). The molecule has 214 valence electrons. The Kier molecular flexibility index (Phi) is 6.22. The van der Waals surface area contributed by atoms with Crippen molar-refractivity contribution < 1.29 is 0 Å². The molecule has 6 aromatic rings. The van der Waals surface area contributed by atoms with Crippen molar-refractivity contribution in [2.75, 3.05) is 0 Å². The second-order valence-electron chi connectivity index (χ2n) is 12.0. The molecule has 0 heterocycles. The summed E-state index contributed by atoms with van der Waals surface area (Å²) in [6, 6.07) is 43.1. The van der Waals surface area contributed by atoms with E-state index in [0.29, 0.717) is 0 Å². The first-order valence-corrected chi connectivity index (χ1v) is 15.8. The van der Waals surface area contributed by atoms with E-state index in [1.54, 1.807) is 0 Å². The third-order valence-corrected chi connectivity index (χ3v) is 9.94. The summed E-state index contributed by atoms with van der Waals surface area (Å²) in [7, 11) is 0. The molecule has 0 unspecified atom stereocenters. The van der Waals surface area contributed by atoms with E-state index in [1.165, 1.54) is 83.1 Å². The van der Waals surface area contributed by atoms with Crippen molar-refractivity contribution in [3.05, 3.63) is 186 Å². The fourth-order valence-electron chi connectivity index (χ4n) is 8.15. The molecular weight excluding hydrogens is 540 g/mol. The van der Waals surface area contributed by atoms with Gasteiger partial charge in [-0.15, -0.1) is 0 Å². The Morgan fingerprint density at radius 3 is 1.87 bits per heavy atom. The van der Waals surface area contributed by atoms with Crippen molar-refractivity contribution in [1.29, 1.82) is 0 Å². The Labute approximate surface area is 266 Å². The maximum atomic E-state index is 4.36. The fourth-order valence-corrected chi connectivity index (χ4v) is 8.15. The van der Waals surface area contributed by atoms with Crippen molar-refractivity contribution in [1.82, 2.24) is 0 Å². The molecule has 0 fully saturated rings. The Morgan fingerprint density at radius 1 is 0.600 bits per heavy atom. The van der Waals surface area contributed by atoms with Gasteiger partial charge in [-0.05, 0) is 109 Å². The Hall–Kier alpha value is -5.46. The number of allylic oxidation sites excluding steroid dienone is 4. The summed E-state index contributed by atoms with van der Waals surface area (Å²) in [4.78, 5) is 0. The summed E-state index contributed by atoms with van der Waals surface area (Å²) >= 11 is 0. The minimum Gasteiger partial charge on any atom is -0.0985 e. The Bertz CT molecular complexity index is 2210. The van der Waals surface area contributed by atoms with E-state index in [0.717, 1.165) is 5.57 Å². The van der Waals surface area contributed by atoms with Gasteiger partial charge in [-0.2, -0.15) is 0 Å². The highest BCUT2D eigenvalue weighted by molar-refractivity contribution is 6.13. The van der Waals surface area contributed by atoms with E-state index in [1.807, 2.05) is 6.08 Å². The fraction of sp³-hybridized carbons (Fsp3) is 0.0667. The average Bonchev–Trinajstić information content (AvgIpc) is 3.56. The zero-order valence-electron chi connectivity index (χ0n) is 25.8. The van der Waals surface area contributed by atoms with Crippen LogP contribution in [0.4, 0.5) is 0 Å². The third kappa shape index (κ3) is 3.60. The van der Waals surface area contributed by atoms with Crippen molar-refractivity contribution in [3.8, 4) is 33.4 Å². The summed E-state index contributed by atoms with van der Waals surface area (Å²) in [6.07, 6.45) is 10.4. The Balaban J connectivity index is 1.55. The van der Waals surface area contributed by atoms with Gasteiger partial charge in [0.05, 0.1) is 5.41 Å². The third-order valence-electron chi connectivity index (χ3n) is 9.94. The Morgan fingerprint density at radius 2 is 1.24 bits per heavy atom. The first-order valence-electron chi connectivity index (χ1n) is 15.8. The lowest BCUT2D eigenvalue weighted by Gasteiger charge is -2.31. The molecule has 0 saturated heterocycles. The van der Waals surface area contributed by atoms with Crippen molar-refractivity contribution in [2.24, 2.45) is 0 Å². The maximum absolute atomic E-state index is 4.36. The number of hydrogen-bond donors (Lipinski definition) is 0. The monoisotopic (exact) mass is 574 g/mol. The summed E-state index contributed by atoms with van der Waals surface area (Å²) in [5.41, 5.74) is 17.3. The zero-order chi connectivity index (χ0) is 30.7. The molecule has 0 bridgehead atoms. The van der Waals surface area contributed by atoms with Crippen LogP contribution in [0.15, 0.2) is 147 Å². The molecule has 0 saturated carbocycles. The topological polar surface area (TPSA) is 0 Å². The molecule has 2 aliphatic rings. The van der Waals surface area contributed by atoms with E-state index in [2.05, 4.69) is 167 Å². The van der Waals surface area contributed by atoms with Gasteiger partial charge in [0.15, 0.2) is 0 Å². The summed E-state index contributed by atoms with van der Waals surface area (Å²) in [6.45, 7) is 12.5. The summed E-state index contributed by atoms with van der Waals surface area (Å²) in [5.74, 6) is 0. The molecule has 0 aromatic heterocycles. The van der Waals surface area contributed by atoms with Gasteiger partial charge in [-0.25, -0.2) is 0 Å². The van der Waals surface area contributed by atoms with E-state index in [-0.39, 0.29) is 0 Å². The van der Waals surface area contributed by atoms with Gasteiger partial charge in [-0.3, -0.25) is 0 Å². The SMILES string of the molecule is C=C/C(=C\C)c1ccc(-c2cc3c(c4ccccc24)-c2c(ccc(/C=C\C)c2C=C)C32c3ccccc3-c3ccccc32)cc1. The van der Waals surface area contributed by atoms with Crippen LogP contribution in [0.3, 0.4) is 0 Å². The minimum atomic E-state index is -0.441. The molecule has 0 radical (unpaired) electrons. The number of hydrogen-bond acceptors (Lipinski definition) is 0. The molecule has 2 aliphatic carbocycles. The van der Waals surface area contributed by atoms with Crippen LogP contribution in [0, 0.1) is 0 Å². The number of fused-ring (bicyclic) bond motifs is 12. The van der Waals surface area contributed by atoms with Crippen LogP contribution in [0.1, 0.15) is 52.8 Å². The predicted octanol–water partition coefficient (Wildman–Crippen LogP) is 12.1. The van der Waals surface area contributed by atoms with Crippen LogP contribution >= 0.6 is 0 Å². The first kappa shape index (κ1) is 27.1.